The third-order valence-electron chi connectivity index (χ3n) is 5.90. The lowest BCUT2D eigenvalue weighted by atomic mass is 9.99. The maximum Gasteiger partial charge on any atom is 0.333 e. The molecular weight excluding hydrogens is 524 g/mol. The number of fused-ring (bicyclic) bond motifs is 1. The quantitative estimate of drug-likeness (QED) is 0.174. The molecule has 0 amide bonds. The van der Waals surface area contributed by atoms with Crippen LogP contribution in [0.2, 0.25) is 0 Å². The van der Waals surface area contributed by atoms with Gasteiger partial charge in [0, 0.05) is 17.7 Å². The molecule has 0 saturated carbocycles. The van der Waals surface area contributed by atoms with Crippen LogP contribution < -0.4 is 10.2 Å². The molecule has 1 saturated heterocycles. The van der Waals surface area contributed by atoms with Crippen molar-refractivity contribution in [3.05, 3.63) is 52.7 Å². The smallest absolute Gasteiger partial charge is 0.333 e. The van der Waals surface area contributed by atoms with Crippen LogP contribution >= 0.6 is 0 Å². The van der Waals surface area contributed by atoms with E-state index in [9.17, 15) is 45.0 Å². The fourth-order valence-electron chi connectivity index (χ4n) is 3.83. The Bertz CT molecular complexity index is 1370. The number of aliphatic hydroxyl groups excluding tert-OH is 4. The number of carboxylic acid groups (broad SMARTS) is 1. The van der Waals surface area contributed by atoms with E-state index in [4.69, 9.17) is 23.7 Å². The maximum absolute atomic E-state index is 11.9. The predicted octanol–water partition coefficient (Wildman–Crippen LogP) is -0.612. The topological polar surface area (TPSA) is 234 Å². The molecule has 3 aliphatic rings. The number of carbonyl (C=O) groups excluding carboxylic acids is 1. The average Bonchev–Trinajstić information content (AvgIpc) is 2.88. The average molecular weight is 548 g/mol. The molecule has 2 aliphatic heterocycles. The van der Waals surface area contributed by atoms with Crippen LogP contribution in [0.4, 0.5) is 0 Å². The molecule has 1 aromatic carbocycles. The van der Waals surface area contributed by atoms with Crippen molar-refractivity contribution in [2.24, 2.45) is 0 Å². The molecule has 0 spiro atoms. The lowest BCUT2D eigenvalue weighted by Crippen LogP contribution is -2.60. The van der Waals surface area contributed by atoms with Crippen molar-refractivity contribution in [2.75, 3.05) is 6.61 Å². The molecule has 39 heavy (non-hydrogen) atoms. The van der Waals surface area contributed by atoms with Crippen molar-refractivity contribution in [3.8, 4) is 39.9 Å². The van der Waals surface area contributed by atoms with Crippen LogP contribution in [0, 0.1) is 0 Å². The molecule has 14 nitrogen and oxygen atoms in total. The SMILES string of the molecule is O=C(C[C@@H](O)C(=O)O)OC[C@H]1O[C@@H](Oc2cc3c(O)cc(=O)cc-3oc2-c2ccc(O)cc2)[C@H](O)[C@@H](O)[C@@H]1O. The Labute approximate surface area is 218 Å². The number of esters is 1. The Morgan fingerprint density at radius 1 is 0.974 bits per heavy atom. The molecule has 7 N–H and O–H groups in total. The molecule has 0 bridgehead atoms. The monoisotopic (exact) mass is 548 g/mol. The second kappa shape index (κ2) is 11.3. The van der Waals surface area contributed by atoms with Gasteiger partial charge in [0.15, 0.2) is 23.0 Å². The van der Waals surface area contributed by atoms with Crippen molar-refractivity contribution >= 4 is 11.9 Å². The van der Waals surface area contributed by atoms with Gasteiger partial charge < -0.3 is 54.4 Å². The minimum atomic E-state index is -2.01. The van der Waals surface area contributed by atoms with E-state index in [2.05, 4.69) is 0 Å². The van der Waals surface area contributed by atoms with Gasteiger partial charge in [0.1, 0.15) is 48.3 Å². The van der Waals surface area contributed by atoms with Crippen molar-refractivity contribution in [3.63, 3.8) is 0 Å². The number of ether oxygens (including phenoxy) is 3. The Hall–Kier alpha value is -4.21. The van der Waals surface area contributed by atoms with Gasteiger partial charge in [-0.05, 0) is 30.3 Å². The number of carbonyl (C=O) groups is 2. The summed E-state index contributed by atoms with van der Waals surface area (Å²) in [7, 11) is 0. The molecule has 0 aromatic heterocycles. The highest BCUT2D eigenvalue weighted by Gasteiger charge is 2.46. The zero-order chi connectivity index (χ0) is 28.4. The number of phenolic OH excluding ortho intramolecular Hbond substituents is 2. The second-order valence-electron chi connectivity index (χ2n) is 8.71. The van der Waals surface area contributed by atoms with Crippen molar-refractivity contribution < 1.29 is 64.0 Å². The standard InChI is InChI=1S/C25H24O14/c26-11-3-1-10(2-4-11)23-17(7-13-14(28)5-12(27)6-16(13)37-23)38-25-22(33)21(32)20(31)18(39-25)9-36-19(30)8-15(29)24(34)35/h1-7,15,18,20-22,25-26,28-29,31-33H,8-9H2,(H,34,35)/t15-,18-,20-,21+,22-,25-/m1/s1. The highest BCUT2D eigenvalue weighted by Crippen LogP contribution is 2.41. The number of hydrogen-bond donors (Lipinski definition) is 7. The number of rotatable bonds is 8. The van der Waals surface area contributed by atoms with Gasteiger partial charge in [0.2, 0.25) is 6.29 Å². The van der Waals surface area contributed by atoms with Gasteiger partial charge in [0.25, 0.3) is 0 Å². The van der Waals surface area contributed by atoms with Crippen LogP contribution in [-0.2, 0) is 19.1 Å². The van der Waals surface area contributed by atoms with Crippen molar-refractivity contribution in [1.29, 1.82) is 0 Å². The van der Waals surface area contributed by atoms with Crippen LogP contribution in [0.25, 0.3) is 22.6 Å². The van der Waals surface area contributed by atoms with E-state index in [0.29, 0.717) is 5.56 Å². The fourth-order valence-corrected chi connectivity index (χ4v) is 3.83. The summed E-state index contributed by atoms with van der Waals surface area (Å²) in [5.74, 6) is -3.44. The highest BCUT2D eigenvalue weighted by molar-refractivity contribution is 5.80. The number of benzene rings is 2. The lowest BCUT2D eigenvalue weighted by Gasteiger charge is -2.40. The van der Waals surface area contributed by atoms with Gasteiger partial charge in [-0.15, -0.1) is 0 Å². The summed E-state index contributed by atoms with van der Waals surface area (Å²) in [6, 6.07) is 8.96. The zero-order valence-electron chi connectivity index (χ0n) is 19.9. The van der Waals surface area contributed by atoms with Crippen molar-refractivity contribution in [1.82, 2.24) is 0 Å². The second-order valence-corrected chi connectivity index (χ2v) is 8.71. The summed E-state index contributed by atoms with van der Waals surface area (Å²) >= 11 is 0. The molecular formula is C25H24O14. The van der Waals surface area contributed by atoms with Crippen LogP contribution in [-0.4, -0.2) is 91.1 Å². The highest BCUT2D eigenvalue weighted by atomic mass is 16.7. The number of phenols is 2. The molecule has 1 aromatic rings. The van der Waals surface area contributed by atoms with E-state index in [1.54, 1.807) is 0 Å². The van der Waals surface area contributed by atoms with Gasteiger partial charge in [-0.1, -0.05) is 0 Å². The van der Waals surface area contributed by atoms with Crippen molar-refractivity contribution in [2.45, 2.75) is 43.2 Å². The van der Waals surface area contributed by atoms with Gasteiger partial charge in [-0.2, -0.15) is 0 Å². The lowest BCUT2D eigenvalue weighted by molar-refractivity contribution is -0.278. The minimum Gasteiger partial charge on any atom is -0.508 e. The first-order chi connectivity index (χ1) is 18.4. The fraction of sp³-hybridized carbons (Fsp3) is 0.320. The normalized spacial score (nSPS) is 23.7. The summed E-state index contributed by atoms with van der Waals surface area (Å²) in [5, 5.41) is 69.1. The Morgan fingerprint density at radius 2 is 1.67 bits per heavy atom. The van der Waals surface area contributed by atoms with E-state index in [1.165, 1.54) is 30.3 Å². The summed E-state index contributed by atoms with van der Waals surface area (Å²) < 4.78 is 22.0. The molecule has 1 aliphatic carbocycles. The van der Waals surface area contributed by atoms with Gasteiger partial charge in [-0.25, -0.2) is 4.79 Å². The van der Waals surface area contributed by atoms with Gasteiger partial charge >= 0.3 is 11.9 Å². The first kappa shape index (κ1) is 27.8. The number of carboxylic acids is 1. The molecule has 1 fully saturated rings. The van der Waals surface area contributed by atoms with E-state index < -0.39 is 73.0 Å². The Balaban J connectivity index is 1.63. The molecule has 208 valence electrons. The van der Waals surface area contributed by atoms with Gasteiger partial charge in [-0.3, -0.25) is 9.59 Å². The Morgan fingerprint density at radius 3 is 2.33 bits per heavy atom. The number of aliphatic hydroxyl groups is 4. The molecule has 2 heterocycles. The predicted molar refractivity (Wildman–Crippen MR) is 127 cm³/mol. The summed E-state index contributed by atoms with van der Waals surface area (Å²) in [4.78, 5) is 34.4. The molecule has 4 rings (SSSR count). The van der Waals surface area contributed by atoms with Crippen LogP contribution in [0.1, 0.15) is 6.42 Å². The van der Waals surface area contributed by atoms with E-state index in [-0.39, 0.29) is 28.6 Å². The summed E-state index contributed by atoms with van der Waals surface area (Å²) in [6.45, 7) is -0.698. The van der Waals surface area contributed by atoms with Crippen LogP contribution in [0.15, 0.2) is 51.7 Å². The summed E-state index contributed by atoms with van der Waals surface area (Å²) in [5.41, 5.74) is -0.139. The molecule has 0 radical (unpaired) electrons. The maximum atomic E-state index is 11.9. The third kappa shape index (κ3) is 6.10. The number of aromatic hydroxyl groups is 2. The minimum absolute atomic E-state index is 0.00988. The van der Waals surface area contributed by atoms with E-state index in [1.807, 2.05) is 0 Å². The largest absolute Gasteiger partial charge is 0.508 e. The van der Waals surface area contributed by atoms with E-state index in [0.717, 1.165) is 12.1 Å². The number of aliphatic carboxylic acids is 1. The first-order valence-corrected chi connectivity index (χ1v) is 11.5. The first-order valence-electron chi connectivity index (χ1n) is 11.5. The molecule has 6 atom stereocenters. The van der Waals surface area contributed by atoms with Crippen LogP contribution in [0.5, 0.6) is 17.2 Å². The van der Waals surface area contributed by atoms with E-state index >= 15 is 0 Å². The van der Waals surface area contributed by atoms with Crippen LogP contribution in [0.3, 0.4) is 0 Å². The zero-order valence-corrected chi connectivity index (χ0v) is 19.9. The number of hydrogen-bond acceptors (Lipinski definition) is 13. The third-order valence-corrected chi connectivity index (χ3v) is 5.90. The molecule has 0 unspecified atom stereocenters. The summed E-state index contributed by atoms with van der Waals surface area (Å²) in [6.07, 6.45) is -11.5. The van der Waals surface area contributed by atoms with Gasteiger partial charge in [0.05, 0.1) is 12.0 Å². The molecule has 14 heteroatoms. The Kier molecular flexibility index (Phi) is 8.03.